The number of hydrogen-bond acceptors (Lipinski definition) is 5. The molecule has 0 saturated heterocycles. The number of hydrogen-bond donors (Lipinski definition) is 1. The summed E-state index contributed by atoms with van der Waals surface area (Å²) in [5.41, 5.74) is 2.22. The highest BCUT2D eigenvalue weighted by atomic mass is 32.2. The van der Waals surface area contributed by atoms with E-state index in [0.717, 1.165) is 53.4 Å². The Morgan fingerprint density at radius 3 is 2.87 bits per heavy atom. The maximum absolute atomic E-state index is 13.4. The first kappa shape index (κ1) is 23.5. The van der Waals surface area contributed by atoms with Crippen LogP contribution in [-0.2, 0) is 11.3 Å². The molecule has 2 unspecified atom stereocenters. The molecule has 1 aliphatic rings. The third-order valence-electron chi connectivity index (χ3n) is 5.86. The molecule has 0 bridgehead atoms. The summed E-state index contributed by atoms with van der Waals surface area (Å²) in [5, 5.41) is 3.65. The van der Waals surface area contributed by atoms with Crippen molar-refractivity contribution in [2.45, 2.75) is 63.2 Å². The van der Waals surface area contributed by atoms with E-state index < -0.39 is 0 Å². The number of rotatable bonds is 8. The van der Waals surface area contributed by atoms with Crippen LogP contribution in [0.2, 0.25) is 0 Å². The molecule has 1 fully saturated rings. The summed E-state index contributed by atoms with van der Waals surface area (Å²) < 4.78 is 19.0. The van der Waals surface area contributed by atoms with Crippen LogP contribution in [0.4, 0.5) is 10.2 Å². The standard InChI is InChI=1S/C24H32FN3O2S/c1-5-31-24-22(23(29)26-15-17-8-6-9-18(25)13-17)16(2)12-21(27-24)28(3)19-10-7-11-20(14-19)30-4/h6,8-9,12-13,19-20H,5,7,10-11,14-15H2,1-4H3,(H,26,29). The van der Waals surface area contributed by atoms with Crippen molar-refractivity contribution in [2.24, 2.45) is 0 Å². The number of thioether (sulfide) groups is 1. The number of pyridine rings is 1. The van der Waals surface area contributed by atoms with Crippen LogP contribution in [0.25, 0.3) is 0 Å². The van der Waals surface area contributed by atoms with E-state index in [1.54, 1.807) is 31.0 Å². The van der Waals surface area contributed by atoms with Gasteiger partial charge in [-0.1, -0.05) is 19.1 Å². The number of aromatic nitrogens is 1. The first-order chi connectivity index (χ1) is 14.9. The quantitative estimate of drug-likeness (QED) is 0.582. The molecule has 2 atom stereocenters. The zero-order valence-electron chi connectivity index (χ0n) is 18.8. The average Bonchev–Trinajstić information content (AvgIpc) is 2.77. The number of halogens is 1. The van der Waals surface area contributed by atoms with Crippen LogP contribution in [0.3, 0.4) is 0 Å². The molecule has 5 nitrogen and oxygen atoms in total. The van der Waals surface area contributed by atoms with Crippen LogP contribution in [0, 0.1) is 12.7 Å². The molecule has 1 aromatic heterocycles. The minimum atomic E-state index is -0.308. The van der Waals surface area contributed by atoms with Crippen molar-refractivity contribution in [1.82, 2.24) is 10.3 Å². The van der Waals surface area contributed by atoms with Gasteiger partial charge in [-0.25, -0.2) is 9.37 Å². The van der Waals surface area contributed by atoms with Gasteiger partial charge in [0, 0.05) is 26.7 Å². The molecule has 0 aliphatic heterocycles. The van der Waals surface area contributed by atoms with E-state index in [9.17, 15) is 9.18 Å². The van der Waals surface area contributed by atoms with Gasteiger partial charge in [0.15, 0.2) is 0 Å². The maximum Gasteiger partial charge on any atom is 0.254 e. The highest BCUT2D eigenvalue weighted by molar-refractivity contribution is 7.99. The minimum Gasteiger partial charge on any atom is -0.381 e. The normalized spacial score (nSPS) is 18.6. The molecule has 1 amide bonds. The highest BCUT2D eigenvalue weighted by Crippen LogP contribution is 2.31. The molecule has 1 aromatic carbocycles. The number of nitrogens with zero attached hydrogens (tertiary/aromatic N) is 2. The van der Waals surface area contributed by atoms with Crippen LogP contribution < -0.4 is 10.2 Å². The first-order valence-electron chi connectivity index (χ1n) is 10.9. The third kappa shape index (κ3) is 5.98. The van der Waals surface area contributed by atoms with Gasteiger partial charge in [-0.3, -0.25) is 4.79 Å². The Bertz CT molecular complexity index is 908. The van der Waals surface area contributed by atoms with Gasteiger partial charge >= 0.3 is 0 Å². The number of nitrogens with one attached hydrogen (secondary N) is 1. The molecule has 7 heteroatoms. The third-order valence-corrected chi connectivity index (χ3v) is 6.72. The van der Waals surface area contributed by atoms with Crippen molar-refractivity contribution in [1.29, 1.82) is 0 Å². The lowest BCUT2D eigenvalue weighted by Crippen LogP contribution is -2.39. The predicted molar refractivity (Wildman–Crippen MR) is 124 cm³/mol. The van der Waals surface area contributed by atoms with Crippen molar-refractivity contribution in [3.05, 3.63) is 52.8 Å². The molecule has 0 spiro atoms. The fourth-order valence-electron chi connectivity index (χ4n) is 4.12. The summed E-state index contributed by atoms with van der Waals surface area (Å²) in [7, 11) is 3.86. The number of amides is 1. The summed E-state index contributed by atoms with van der Waals surface area (Å²) in [6, 6.07) is 8.64. The van der Waals surface area contributed by atoms with Gasteiger partial charge < -0.3 is 15.0 Å². The molecule has 3 rings (SSSR count). The number of benzene rings is 1. The summed E-state index contributed by atoms with van der Waals surface area (Å²) in [4.78, 5) is 20.1. The zero-order valence-corrected chi connectivity index (χ0v) is 19.6. The molecule has 168 valence electrons. The highest BCUT2D eigenvalue weighted by Gasteiger charge is 2.27. The first-order valence-corrected chi connectivity index (χ1v) is 11.8. The molecule has 1 aliphatic carbocycles. The van der Waals surface area contributed by atoms with E-state index in [2.05, 4.69) is 24.2 Å². The molecule has 1 heterocycles. The second kappa shape index (κ2) is 11.0. The van der Waals surface area contributed by atoms with Crippen LogP contribution in [0.15, 0.2) is 35.4 Å². The van der Waals surface area contributed by atoms with E-state index in [1.165, 1.54) is 12.1 Å². The van der Waals surface area contributed by atoms with Gasteiger partial charge in [0.05, 0.1) is 11.7 Å². The fraction of sp³-hybridized carbons (Fsp3) is 0.500. The van der Waals surface area contributed by atoms with Crippen LogP contribution in [0.1, 0.15) is 54.1 Å². The lowest BCUT2D eigenvalue weighted by atomic mass is 9.92. The Hall–Kier alpha value is -2.12. The number of carbonyl (C=O) groups is 1. The van der Waals surface area contributed by atoms with Gasteiger partial charge in [0.25, 0.3) is 5.91 Å². The summed E-state index contributed by atoms with van der Waals surface area (Å²) in [5.74, 6) is 1.21. The second-order valence-corrected chi connectivity index (χ2v) is 9.26. The summed E-state index contributed by atoms with van der Waals surface area (Å²) in [6.45, 7) is 4.28. The topological polar surface area (TPSA) is 54.5 Å². The molecule has 1 N–H and O–H groups in total. The van der Waals surface area contributed by atoms with E-state index in [1.807, 2.05) is 13.0 Å². The number of ether oxygens (including phenoxy) is 1. The van der Waals surface area contributed by atoms with E-state index in [0.29, 0.717) is 17.7 Å². The molecular formula is C24H32FN3O2S. The minimum absolute atomic E-state index is 0.184. The Balaban J connectivity index is 1.80. The molecule has 0 radical (unpaired) electrons. The average molecular weight is 446 g/mol. The SMILES string of the molecule is CCSc1nc(N(C)C2CCCC(OC)C2)cc(C)c1C(=O)NCc1cccc(F)c1. The van der Waals surface area contributed by atoms with Crippen molar-refractivity contribution >= 4 is 23.5 Å². The number of aryl methyl sites for hydroxylation is 1. The monoisotopic (exact) mass is 445 g/mol. The van der Waals surface area contributed by atoms with Crippen molar-refractivity contribution in [3.63, 3.8) is 0 Å². The maximum atomic E-state index is 13.4. The Labute approximate surface area is 188 Å². The fourth-order valence-corrected chi connectivity index (χ4v) is 4.95. The number of anilines is 1. The Morgan fingerprint density at radius 2 is 2.16 bits per heavy atom. The zero-order chi connectivity index (χ0) is 22.4. The second-order valence-electron chi connectivity index (χ2n) is 8.01. The Kier molecular flexibility index (Phi) is 8.32. The number of carbonyl (C=O) groups excluding carboxylic acids is 1. The smallest absolute Gasteiger partial charge is 0.254 e. The lowest BCUT2D eigenvalue weighted by molar-refractivity contribution is 0.0636. The summed E-state index contributed by atoms with van der Waals surface area (Å²) >= 11 is 1.57. The molecule has 2 aromatic rings. The van der Waals surface area contributed by atoms with Crippen LogP contribution >= 0.6 is 11.8 Å². The van der Waals surface area contributed by atoms with Crippen LogP contribution in [-0.4, -0.2) is 42.9 Å². The lowest BCUT2D eigenvalue weighted by Gasteiger charge is -2.35. The van der Waals surface area contributed by atoms with Gasteiger partial charge in [-0.2, -0.15) is 0 Å². The van der Waals surface area contributed by atoms with Gasteiger partial charge in [0.1, 0.15) is 16.7 Å². The van der Waals surface area contributed by atoms with Gasteiger partial charge in [-0.05, 0) is 67.7 Å². The molecule has 1 saturated carbocycles. The van der Waals surface area contributed by atoms with Crippen molar-refractivity contribution in [3.8, 4) is 0 Å². The Morgan fingerprint density at radius 1 is 1.35 bits per heavy atom. The van der Waals surface area contributed by atoms with Crippen LogP contribution in [0.5, 0.6) is 0 Å². The van der Waals surface area contributed by atoms with E-state index in [-0.39, 0.29) is 18.3 Å². The van der Waals surface area contributed by atoms with Crippen molar-refractivity contribution < 1.29 is 13.9 Å². The number of methoxy groups -OCH3 is 1. The summed E-state index contributed by atoms with van der Waals surface area (Å²) in [6.07, 6.45) is 4.64. The molecular weight excluding hydrogens is 413 g/mol. The molecule has 31 heavy (non-hydrogen) atoms. The van der Waals surface area contributed by atoms with Gasteiger partial charge in [-0.15, -0.1) is 11.8 Å². The van der Waals surface area contributed by atoms with E-state index >= 15 is 0 Å². The van der Waals surface area contributed by atoms with E-state index in [4.69, 9.17) is 9.72 Å². The van der Waals surface area contributed by atoms with Crippen molar-refractivity contribution in [2.75, 3.05) is 24.8 Å². The predicted octanol–water partition coefficient (Wildman–Crippen LogP) is 4.96. The largest absolute Gasteiger partial charge is 0.381 e. The van der Waals surface area contributed by atoms with Gasteiger partial charge in [0.2, 0.25) is 0 Å².